The van der Waals surface area contributed by atoms with Crippen molar-refractivity contribution in [1.29, 1.82) is 0 Å². The van der Waals surface area contributed by atoms with E-state index in [1.807, 2.05) is 24.3 Å². The van der Waals surface area contributed by atoms with E-state index < -0.39 is 0 Å². The normalized spacial score (nSPS) is 10.6. The molecule has 0 spiro atoms. The molecule has 0 radical (unpaired) electrons. The highest BCUT2D eigenvalue weighted by molar-refractivity contribution is 5.86. The SMILES string of the molecule is COc1cccc(-c2c(N)noc2-c2cn[nH]c2)c1. The summed E-state index contributed by atoms with van der Waals surface area (Å²) in [6, 6.07) is 7.56. The molecular weight excluding hydrogens is 244 g/mol. The van der Waals surface area contributed by atoms with Gasteiger partial charge in [-0.3, -0.25) is 5.10 Å². The molecule has 0 unspecified atom stereocenters. The Bertz CT molecular complexity index is 688. The predicted molar refractivity (Wildman–Crippen MR) is 70.5 cm³/mol. The van der Waals surface area contributed by atoms with Crippen molar-refractivity contribution >= 4 is 5.82 Å². The van der Waals surface area contributed by atoms with Crippen LogP contribution in [0, 0.1) is 0 Å². The van der Waals surface area contributed by atoms with Gasteiger partial charge >= 0.3 is 0 Å². The zero-order chi connectivity index (χ0) is 13.2. The fourth-order valence-corrected chi connectivity index (χ4v) is 1.93. The Morgan fingerprint density at radius 3 is 2.95 bits per heavy atom. The molecule has 2 heterocycles. The molecule has 0 aliphatic carbocycles. The van der Waals surface area contributed by atoms with E-state index in [4.69, 9.17) is 15.0 Å². The van der Waals surface area contributed by atoms with Crippen LogP contribution in [-0.2, 0) is 0 Å². The van der Waals surface area contributed by atoms with Gasteiger partial charge in [0.15, 0.2) is 11.6 Å². The van der Waals surface area contributed by atoms with Gasteiger partial charge in [0.2, 0.25) is 0 Å². The zero-order valence-corrected chi connectivity index (χ0v) is 10.3. The summed E-state index contributed by atoms with van der Waals surface area (Å²) >= 11 is 0. The fourth-order valence-electron chi connectivity index (χ4n) is 1.93. The molecule has 0 atom stereocenters. The van der Waals surface area contributed by atoms with E-state index in [0.29, 0.717) is 11.6 Å². The third-order valence-electron chi connectivity index (χ3n) is 2.84. The topological polar surface area (TPSA) is 90.0 Å². The van der Waals surface area contributed by atoms with E-state index in [-0.39, 0.29) is 0 Å². The standard InChI is InChI=1S/C13H12N4O2/c1-18-10-4-2-3-8(5-10)11-12(19-17-13(11)14)9-6-15-16-7-9/h2-7H,1H3,(H2,14,17)(H,15,16). The monoisotopic (exact) mass is 256 g/mol. The minimum absolute atomic E-state index is 0.337. The largest absolute Gasteiger partial charge is 0.497 e. The van der Waals surface area contributed by atoms with Crippen molar-refractivity contribution in [2.75, 3.05) is 12.8 Å². The molecule has 3 rings (SSSR count). The summed E-state index contributed by atoms with van der Waals surface area (Å²) in [6.07, 6.45) is 3.38. The number of rotatable bonds is 3. The first-order chi connectivity index (χ1) is 9.29. The third-order valence-corrected chi connectivity index (χ3v) is 2.84. The summed E-state index contributed by atoms with van der Waals surface area (Å²) < 4.78 is 10.5. The van der Waals surface area contributed by atoms with E-state index in [1.54, 1.807) is 19.5 Å². The van der Waals surface area contributed by atoms with Crippen LogP contribution in [0.15, 0.2) is 41.2 Å². The van der Waals surface area contributed by atoms with Crippen molar-refractivity contribution < 1.29 is 9.26 Å². The van der Waals surface area contributed by atoms with Crippen molar-refractivity contribution in [3.63, 3.8) is 0 Å². The highest BCUT2D eigenvalue weighted by Gasteiger charge is 2.18. The van der Waals surface area contributed by atoms with Crippen LogP contribution in [0.4, 0.5) is 5.82 Å². The van der Waals surface area contributed by atoms with Gasteiger partial charge in [-0.25, -0.2) is 0 Å². The Balaban J connectivity index is 2.16. The Hall–Kier alpha value is -2.76. The van der Waals surface area contributed by atoms with E-state index in [2.05, 4.69) is 15.4 Å². The van der Waals surface area contributed by atoms with Crippen molar-refractivity contribution in [3.05, 3.63) is 36.7 Å². The second-order valence-electron chi connectivity index (χ2n) is 3.99. The number of nitrogens with two attached hydrogens (primary N) is 1. The Kier molecular flexibility index (Phi) is 2.68. The van der Waals surface area contributed by atoms with Crippen LogP contribution >= 0.6 is 0 Å². The maximum absolute atomic E-state index is 5.89. The average Bonchev–Trinajstić information content (AvgIpc) is 3.07. The molecule has 3 aromatic rings. The first-order valence-electron chi connectivity index (χ1n) is 5.68. The van der Waals surface area contributed by atoms with Gasteiger partial charge in [0.1, 0.15) is 5.75 Å². The number of anilines is 1. The molecule has 0 saturated heterocycles. The molecule has 6 heteroatoms. The molecule has 0 bridgehead atoms. The van der Waals surface area contributed by atoms with Gasteiger partial charge in [0, 0.05) is 6.20 Å². The molecule has 0 fully saturated rings. The molecule has 0 saturated carbocycles. The number of ether oxygens (including phenoxy) is 1. The van der Waals surface area contributed by atoms with E-state index in [0.717, 1.165) is 22.4 Å². The van der Waals surface area contributed by atoms with E-state index >= 15 is 0 Å². The van der Waals surface area contributed by atoms with Gasteiger partial charge in [-0.2, -0.15) is 5.10 Å². The quantitative estimate of drug-likeness (QED) is 0.750. The molecule has 96 valence electrons. The minimum atomic E-state index is 0.337. The first-order valence-corrected chi connectivity index (χ1v) is 5.68. The van der Waals surface area contributed by atoms with Crippen molar-refractivity contribution in [3.8, 4) is 28.2 Å². The van der Waals surface area contributed by atoms with Crippen molar-refractivity contribution in [2.24, 2.45) is 0 Å². The lowest BCUT2D eigenvalue weighted by atomic mass is 10.0. The van der Waals surface area contributed by atoms with Crippen LogP contribution < -0.4 is 10.5 Å². The molecule has 0 amide bonds. The van der Waals surface area contributed by atoms with Crippen LogP contribution in [-0.4, -0.2) is 22.5 Å². The van der Waals surface area contributed by atoms with Crippen LogP contribution in [0.25, 0.3) is 22.5 Å². The summed E-state index contributed by atoms with van der Waals surface area (Å²) in [5, 5.41) is 10.5. The van der Waals surface area contributed by atoms with Crippen molar-refractivity contribution in [2.45, 2.75) is 0 Å². The number of H-pyrrole nitrogens is 1. The second kappa shape index (κ2) is 4.49. The molecule has 2 aromatic heterocycles. The highest BCUT2D eigenvalue weighted by Crippen LogP contribution is 2.37. The van der Waals surface area contributed by atoms with Gasteiger partial charge in [-0.1, -0.05) is 17.3 Å². The van der Waals surface area contributed by atoms with E-state index in [1.165, 1.54) is 0 Å². The van der Waals surface area contributed by atoms with Crippen LogP contribution in [0.3, 0.4) is 0 Å². The number of nitrogen functional groups attached to an aromatic ring is 1. The lowest BCUT2D eigenvalue weighted by molar-refractivity contribution is 0.415. The zero-order valence-electron chi connectivity index (χ0n) is 10.3. The Labute approximate surface area is 109 Å². The number of aromatic nitrogens is 3. The molecule has 1 aromatic carbocycles. The number of benzene rings is 1. The molecule has 0 aliphatic rings. The fraction of sp³-hybridized carbons (Fsp3) is 0.0769. The number of methoxy groups -OCH3 is 1. The maximum atomic E-state index is 5.89. The number of hydrogen-bond donors (Lipinski definition) is 2. The Morgan fingerprint density at radius 2 is 2.21 bits per heavy atom. The predicted octanol–water partition coefficient (Wildman–Crippen LogP) is 2.32. The first kappa shape index (κ1) is 11.3. The number of aromatic amines is 1. The lowest BCUT2D eigenvalue weighted by Gasteiger charge is -2.04. The van der Waals surface area contributed by atoms with E-state index in [9.17, 15) is 0 Å². The Morgan fingerprint density at radius 1 is 1.32 bits per heavy atom. The van der Waals surface area contributed by atoms with Crippen molar-refractivity contribution in [1.82, 2.24) is 15.4 Å². The number of nitrogens with zero attached hydrogens (tertiary/aromatic N) is 2. The van der Waals surface area contributed by atoms with Crippen LogP contribution in [0.2, 0.25) is 0 Å². The summed E-state index contributed by atoms with van der Waals surface area (Å²) in [6.45, 7) is 0. The maximum Gasteiger partial charge on any atom is 0.180 e. The third kappa shape index (κ3) is 1.93. The smallest absolute Gasteiger partial charge is 0.180 e. The van der Waals surface area contributed by atoms with Gasteiger partial charge in [0.25, 0.3) is 0 Å². The van der Waals surface area contributed by atoms with Crippen LogP contribution in [0.5, 0.6) is 5.75 Å². The second-order valence-corrected chi connectivity index (χ2v) is 3.99. The molecule has 0 aliphatic heterocycles. The van der Waals surface area contributed by atoms with Crippen LogP contribution in [0.1, 0.15) is 0 Å². The minimum Gasteiger partial charge on any atom is -0.497 e. The van der Waals surface area contributed by atoms with Gasteiger partial charge in [-0.15, -0.1) is 0 Å². The highest BCUT2D eigenvalue weighted by atomic mass is 16.5. The molecule has 6 nitrogen and oxygen atoms in total. The number of hydrogen-bond acceptors (Lipinski definition) is 5. The number of nitrogens with one attached hydrogen (secondary N) is 1. The van der Waals surface area contributed by atoms with Gasteiger partial charge in [0.05, 0.1) is 24.4 Å². The summed E-state index contributed by atoms with van der Waals surface area (Å²) in [7, 11) is 1.62. The summed E-state index contributed by atoms with van der Waals surface area (Å²) in [5.41, 5.74) is 8.31. The molecular formula is C13H12N4O2. The summed E-state index contributed by atoms with van der Waals surface area (Å²) in [5.74, 6) is 1.67. The van der Waals surface area contributed by atoms with Gasteiger partial charge < -0.3 is 15.0 Å². The van der Waals surface area contributed by atoms with Gasteiger partial charge in [-0.05, 0) is 17.7 Å². The summed E-state index contributed by atoms with van der Waals surface area (Å²) in [4.78, 5) is 0. The molecule has 3 N–H and O–H groups in total. The lowest BCUT2D eigenvalue weighted by Crippen LogP contribution is -1.89. The molecule has 19 heavy (non-hydrogen) atoms. The average molecular weight is 256 g/mol.